The van der Waals surface area contributed by atoms with Gasteiger partial charge in [0, 0.05) is 11.6 Å². The first kappa shape index (κ1) is 23.8. The summed E-state index contributed by atoms with van der Waals surface area (Å²) in [5, 5.41) is 23.4. The molecule has 0 unspecified atom stereocenters. The third-order valence-electron chi connectivity index (χ3n) is 5.85. The fourth-order valence-corrected chi connectivity index (χ4v) is 4.86. The van der Waals surface area contributed by atoms with Crippen LogP contribution in [0.15, 0.2) is 52.7 Å². The van der Waals surface area contributed by atoms with E-state index in [9.17, 15) is 9.90 Å². The number of hydrogen-bond donors (Lipinski definition) is 2. The molecule has 178 valence electrons. The highest BCUT2D eigenvalue weighted by Gasteiger charge is 2.24. The fraction of sp³-hybridized carbons (Fsp3) is 0.360. The first-order valence-electron chi connectivity index (χ1n) is 11.4. The number of ether oxygens (including phenoxy) is 1. The Morgan fingerprint density at radius 3 is 2.71 bits per heavy atom. The molecule has 3 aromatic rings. The number of aromatic hydroxyl groups is 1. The zero-order valence-corrected chi connectivity index (χ0v) is 20.2. The van der Waals surface area contributed by atoms with E-state index in [-0.39, 0.29) is 17.4 Å². The molecule has 0 aliphatic heterocycles. The van der Waals surface area contributed by atoms with Crippen LogP contribution in [0.2, 0.25) is 0 Å². The Hall–Kier alpha value is -3.33. The Bertz CT molecular complexity index is 1150. The maximum Gasteiger partial charge on any atom is 0.250 e. The van der Waals surface area contributed by atoms with Crippen molar-refractivity contribution < 1.29 is 14.6 Å². The average Bonchev–Trinajstić information content (AvgIpc) is 3.28. The molecule has 9 heteroatoms. The number of rotatable bonds is 8. The van der Waals surface area contributed by atoms with Crippen molar-refractivity contribution in [3.8, 4) is 22.9 Å². The van der Waals surface area contributed by atoms with Crippen LogP contribution in [0.3, 0.4) is 0 Å². The summed E-state index contributed by atoms with van der Waals surface area (Å²) in [6, 6.07) is 13.5. The van der Waals surface area contributed by atoms with Crippen molar-refractivity contribution in [2.45, 2.75) is 50.2 Å². The molecule has 1 heterocycles. The lowest BCUT2D eigenvalue weighted by atomic mass is 9.95. The number of benzene rings is 2. The van der Waals surface area contributed by atoms with E-state index in [1.807, 2.05) is 0 Å². The highest BCUT2D eigenvalue weighted by molar-refractivity contribution is 7.99. The van der Waals surface area contributed by atoms with Gasteiger partial charge in [-0.1, -0.05) is 60.9 Å². The monoisotopic (exact) mass is 479 g/mol. The molecule has 2 N–H and O–H groups in total. The number of nitrogens with one attached hydrogen (secondary N) is 1. The van der Waals surface area contributed by atoms with E-state index >= 15 is 0 Å². The van der Waals surface area contributed by atoms with Gasteiger partial charge in [-0.2, -0.15) is 5.10 Å². The fourth-order valence-electron chi connectivity index (χ4n) is 4.06. The summed E-state index contributed by atoms with van der Waals surface area (Å²) in [5.41, 5.74) is 5.48. The van der Waals surface area contributed by atoms with E-state index in [2.05, 4.69) is 56.5 Å². The molecular weight excluding hydrogens is 450 g/mol. The predicted molar refractivity (Wildman–Crippen MR) is 133 cm³/mol. The van der Waals surface area contributed by atoms with Gasteiger partial charge in [-0.15, -0.1) is 10.2 Å². The number of aryl methyl sites for hydroxylation is 1. The van der Waals surface area contributed by atoms with Crippen LogP contribution >= 0.6 is 11.8 Å². The maximum absolute atomic E-state index is 12.4. The lowest BCUT2D eigenvalue weighted by molar-refractivity contribution is -0.118. The first-order chi connectivity index (χ1) is 16.5. The van der Waals surface area contributed by atoms with Gasteiger partial charge in [0.15, 0.2) is 22.5 Å². The Kier molecular flexibility index (Phi) is 7.84. The van der Waals surface area contributed by atoms with Gasteiger partial charge in [0.1, 0.15) is 0 Å². The van der Waals surface area contributed by atoms with Crippen LogP contribution in [0.4, 0.5) is 0 Å². The minimum absolute atomic E-state index is 0.0483. The number of aromatic nitrogens is 3. The maximum atomic E-state index is 12.4. The Labute approximate surface area is 203 Å². The van der Waals surface area contributed by atoms with Gasteiger partial charge in [-0.05, 0) is 43.5 Å². The average molecular weight is 480 g/mol. The number of hydrazone groups is 1. The number of phenols is 1. The molecule has 0 bridgehead atoms. The molecular formula is C25H29N5O3S. The molecule has 8 nitrogen and oxygen atoms in total. The summed E-state index contributed by atoms with van der Waals surface area (Å²) in [4.78, 5) is 12.4. The van der Waals surface area contributed by atoms with Crippen molar-refractivity contribution in [1.29, 1.82) is 0 Å². The molecule has 4 rings (SSSR count). The zero-order chi connectivity index (χ0) is 23.9. The van der Waals surface area contributed by atoms with Crippen molar-refractivity contribution in [2.24, 2.45) is 5.10 Å². The van der Waals surface area contributed by atoms with E-state index in [4.69, 9.17) is 4.74 Å². The summed E-state index contributed by atoms with van der Waals surface area (Å²) in [5.74, 6) is 1.19. The summed E-state index contributed by atoms with van der Waals surface area (Å²) in [7, 11) is 1.48. The van der Waals surface area contributed by atoms with E-state index in [1.54, 1.807) is 12.1 Å². The largest absolute Gasteiger partial charge is 0.504 e. The van der Waals surface area contributed by atoms with Gasteiger partial charge in [0.25, 0.3) is 5.91 Å². The Morgan fingerprint density at radius 1 is 1.21 bits per heavy atom. The van der Waals surface area contributed by atoms with Crippen molar-refractivity contribution in [2.75, 3.05) is 12.9 Å². The standard InChI is InChI=1S/C25H29N5O3S/c1-17-8-11-19(12-9-17)24-28-29-25(30(24)20-6-4-3-5-7-20)34-16-23(32)27-26-15-18-10-13-21(31)22(14-18)33-2/h8-15,20,31H,3-7,16H2,1-2H3,(H,27,32)/b26-15-. The molecule has 1 amide bonds. The third kappa shape index (κ3) is 5.77. The van der Waals surface area contributed by atoms with E-state index < -0.39 is 0 Å². The quantitative estimate of drug-likeness (QED) is 0.275. The molecule has 0 atom stereocenters. The van der Waals surface area contributed by atoms with Crippen LogP contribution in [0, 0.1) is 6.92 Å². The normalized spacial score (nSPS) is 14.4. The molecule has 1 aliphatic carbocycles. The van der Waals surface area contributed by atoms with Crippen LogP contribution < -0.4 is 10.2 Å². The summed E-state index contributed by atoms with van der Waals surface area (Å²) in [6.07, 6.45) is 7.34. The van der Waals surface area contributed by atoms with Gasteiger partial charge in [0.2, 0.25) is 0 Å². The van der Waals surface area contributed by atoms with Crippen molar-refractivity contribution in [3.63, 3.8) is 0 Å². The van der Waals surface area contributed by atoms with E-state index in [1.165, 1.54) is 56.0 Å². The Balaban J connectivity index is 1.43. The zero-order valence-electron chi connectivity index (χ0n) is 19.4. The second-order valence-corrected chi connectivity index (χ2v) is 9.29. The summed E-state index contributed by atoms with van der Waals surface area (Å²) in [6.45, 7) is 2.07. The molecule has 0 saturated heterocycles. The van der Waals surface area contributed by atoms with Gasteiger partial charge in [-0.3, -0.25) is 9.36 Å². The topological polar surface area (TPSA) is 102 Å². The van der Waals surface area contributed by atoms with Gasteiger partial charge in [0.05, 0.1) is 19.1 Å². The number of thioether (sulfide) groups is 1. The van der Waals surface area contributed by atoms with Crippen molar-refractivity contribution >= 4 is 23.9 Å². The van der Waals surface area contributed by atoms with Crippen molar-refractivity contribution in [3.05, 3.63) is 53.6 Å². The smallest absolute Gasteiger partial charge is 0.250 e. The second kappa shape index (κ2) is 11.2. The third-order valence-corrected chi connectivity index (χ3v) is 6.80. The van der Waals surface area contributed by atoms with Gasteiger partial charge < -0.3 is 9.84 Å². The molecule has 1 fully saturated rings. The molecule has 1 saturated carbocycles. The SMILES string of the molecule is COc1cc(/C=N\NC(=O)CSc2nnc(-c3ccc(C)cc3)n2C2CCCCC2)ccc1O. The molecule has 1 aromatic heterocycles. The van der Waals surface area contributed by atoms with Crippen molar-refractivity contribution in [1.82, 2.24) is 20.2 Å². The summed E-state index contributed by atoms with van der Waals surface area (Å²) >= 11 is 1.37. The van der Waals surface area contributed by atoms with E-state index in [0.29, 0.717) is 17.4 Å². The first-order valence-corrected chi connectivity index (χ1v) is 12.4. The lowest BCUT2D eigenvalue weighted by Crippen LogP contribution is -2.20. The number of nitrogens with zero attached hydrogens (tertiary/aromatic N) is 4. The van der Waals surface area contributed by atoms with Crippen LogP contribution in [0.25, 0.3) is 11.4 Å². The van der Waals surface area contributed by atoms with Gasteiger partial charge in [-0.25, -0.2) is 5.43 Å². The molecule has 34 heavy (non-hydrogen) atoms. The number of amides is 1. The number of carbonyl (C=O) groups excluding carboxylic acids is 1. The van der Waals surface area contributed by atoms with Crippen LogP contribution in [0.5, 0.6) is 11.5 Å². The minimum atomic E-state index is -0.234. The highest BCUT2D eigenvalue weighted by Crippen LogP contribution is 2.35. The number of methoxy groups -OCH3 is 1. The second-order valence-electron chi connectivity index (χ2n) is 8.35. The molecule has 0 radical (unpaired) electrons. The predicted octanol–water partition coefficient (Wildman–Crippen LogP) is 4.72. The molecule has 1 aliphatic rings. The van der Waals surface area contributed by atoms with E-state index in [0.717, 1.165) is 29.4 Å². The highest BCUT2D eigenvalue weighted by atomic mass is 32.2. The molecule has 0 spiro atoms. The number of hydrogen-bond acceptors (Lipinski definition) is 7. The Morgan fingerprint density at radius 2 is 1.97 bits per heavy atom. The molecule has 2 aromatic carbocycles. The minimum Gasteiger partial charge on any atom is -0.504 e. The summed E-state index contributed by atoms with van der Waals surface area (Å²) < 4.78 is 7.30. The van der Waals surface area contributed by atoms with Crippen LogP contribution in [-0.4, -0.2) is 44.9 Å². The van der Waals surface area contributed by atoms with Gasteiger partial charge >= 0.3 is 0 Å². The number of phenolic OH excluding ortho intramolecular Hbond substituents is 1. The lowest BCUT2D eigenvalue weighted by Gasteiger charge is -2.25. The van der Waals surface area contributed by atoms with Crippen LogP contribution in [-0.2, 0) is 4.79 Å². The van der Waals surface area contributed by atoms with Crippen LogP contribution in [0.1, 0.15) is 49.3 Å². The number of carbonyl (C=O) groups is 1.